The van der Waals surface area contributed by atoms with Crippen molar-refractivity contribution in [1.29, 1.82) is 0 Å². The molecule has 0 fully saturated rings. The zero-order valence-corrected chi connectivity index (χ0v) is 10.3. The van der Waals surface area contributed by atoms with Crippen LogP contribution in [0.15, 0.2) is 23.7 Å². The molecule has 1 aliphatic rings. The van der Waals surface area contributed by atoms with Crippen LogP contribution in [-0.2, 0) is 9.47 Å². The summed E-state index contributed by atoms with van der Waals surface area (Å²) in [7, 11) is 1.63. The predicted octanol–water partition coefficient (Wildman–Crippen LogP) is 3.38. The van der Waals surface area contributed by atoms with Crippen LogP contribution in [0.5, 0.6) is 0 Å². The molecule has 0 saturated carbocycles. The van der Waals surface area contributed by atoms with E-state index >= 15 is 0 Å². The van der Waals surface area contributed by atoms with Crippen LogP contribution in [-0.4, -0.2) is 18.0 Å². The monoisotopic (exact) mass is 279 g/mol. The first-order valence-electron chi connectivity index (χ1n) is 4.42. The lowest BCUT2D eigenvalue weighted by Crippen LogP contribution is -2.09. The molecule has 1 rings (SSSR count). The Kier molecular flexibility index (Phi) is 5.41. The Morgan fingerprint density at radius 1 is 1.57 bits per heavy atom. The summed E-state index contributed by atoms with van der Waals surface area (Å²) in [5, 5.41) is -0.0529. The molecule has 4 heteroatoms. The molecule has 0 aromatic heterocycles. The third-order valence-electron chi connectivity index (χ3n) is 1.76. The minimum absolute atomic E-state index is 0.0529. The zero-order chi connectivity index (χ0) is 10.4. The van der Waals surface area contributed by atoms with E-state index in [0.29, 0.717) is 5.88 Å². The maximum absolute atomic E-state index is 5.62. The SMILES string of the molecule is COC1=C[CH]CC=C1OC(Br)CCCl. The standard InChI is InChI=1S/C10H13BrClO2/c1-13-8-4-2-3-5-9(8)14-10(11)6-7-12/h2,4-5,10H,3,6-7H2,1H3. The highest BCUT2D eigenvalue weighted by Crippen LogP contribution is 2.23. The van der Waals surface area contributed by atoms with Gasteiger partial charge in [0.1, 0.15) is 0 Å². The third kappa shape index (κ3) is 3.54. The Labute approximate surface area is 98.0 Å². The molecule has 0 heterocycles. The van der Waals surface area contributed by atoms with Gasteiger partial charge in [0, 0.05) is 12.3 Å². The number of alkyl halides is 2. The Morgan fingerprint density at radius 2 is 2.36 bits per heavy atom. The average Bonchev–Trinajstić information content (AvgIpc) is 2.19. The van der Waals surface area contributed by atoms with Gasteiger partial charge in [-0.25, -0.2) is 0 Å². The van der Waals surface area contributed by atoms with Crippen molar-refractivity contribution < 1.29 is 9.47 Å². The summed E-state index contributed by atoms with van der Waals surface area (Å²) >= 11 is 8.99. The molecule has 1 radical (unpaired) electrons. The van der Waals surface area contributed by atoms with Gasteiger partial charge in [-0.3, -0.25) is 0 Å². The van der Waals surface area contributed by atoms with E-state index in [9.17, 15) is 0 Å². The second kappa shape index (κ2) is 6.36. The highest BCUT2D eigenvalue weighted by atomic mass is 79.9. The third-order valence-corrected chi connectivity index (χ3v) is 2.63. The molecule has 1 aliphatic carbocycles. The van der Waals surface area contributed by atoms with Gasteiger partial charge < -0.3 is 9.47 Å². The number of rotatable bonds is 5. The fourth-order valence-corrected chi connectivity index (χ4v) is 1.98. The molecule has 0 aromatic rings. The molecule has 1 atom stereocenters. The van der Waals surface area contributed by atoms with Crippen molar-refractivity contribution in [3.8, 4) is 0 Å². The lowest BCUT2D eigenvalue weighted by molar-refractivity contribution is 0.158. The van der Waals surface area contributed by atoms with Crippen LogP contribution in [0, 0.1) is 6.42 Å². The largest absolute Gasteiger partial charge is 0.493 e. The van der Waals surface area contributed by atoms with Crippen LogP contribution < -0.4 is 0 Å². The Morgan fingerprint density at radius 3 is 3.00 bits per heavy atom. The number of allylic oxidation sites excluding steroid dienone is 2. The van der Waals surface area contributed by atoms with Gasteiger partial charge in [-0.05, 0) is 40.9 Å². The first-order valence-corrected chi connectivity index (χ1v) is 5.87. The summed E-state index contributed by atoms with van der Waals surface area (Å²) in [5.41, 5.74) is 0. The van der Waals surface area contributed by atoms with Gasteiger partial charge in [0.15, 0.2) is 16.5 Å². The van der Waals surface area contributed by atoms with Crippen molar-refractivity contribution in [3.05, 3.63) is 30.1 Å². The summed E-state index contributed by atoms with van der Waals surface area (Å²) in [4.78, 5) is 0. The van der Waals surface area contributed by atoms with Gasteiger partial charge in [0.05, 0.1) is 7.11 Å². The Balaban J connectivity index is 2.50. The number of methoxy groups -OCH3 is 1. The molecule has 1 unspecified atom stereocenters. The molecule has 0 saturated heterocycles. The van der Waals surface area contributed by atoms with E-state index < -0.39 is 0 Å². The molecule has 79 valence electrons. The van der Waals surface area contributed by atoms with E-state index in [4.69, 9.17) is 21.1 Å². The fourth-order valence-electron chi connectivity index (χ4n) is 1.09. The average molecular weight is 281 g/mol. The van der Waals surface area contributed by atoms with Gasteiger partial charge >= 0.3 is 0 Å². The van der Waals surface area contributed by atoms with E-state index in [-0.39, 0.29) is 5.01 Å². The van der Waals surface area contributed by atoms with Crippen LogP contribution in [0.1, 0.15) is 12.8 Å². The van der Waals surface area contributed by atoms with Crippen molar-refractivity contribution in [2.75, 3.05) is 13.0 Å². The maximum atomic E-state index is 5.62. The number of hydrogen-bond donors (Lipinski definition) is 0. The normalized spacial score (nSPS) is 18.2. The minimum Gasteiger partial charge on any atom is -0.493 e. The summed E-state index contributed by atoms with van der Waals surface area (Å²) in [5.74, 6) is 2.11. The van der Waals surface area contributed by atoms with Crippen molar-refractivity contribution in [3.63, 3.8) is 0 Å². The van der Waals surface area contributed by atoms with Gasteiger partial charge in [-0.1, -0.05) is 0 Å². The Bertz CT molecular complexity index is 238. The molecule has 0 bridgehead atoms. The topological polar surface area (TPSA) is 18.5 Å². The quantitative estimate of drug-likeness (QED) is 0.719. The summed E-state index contributed by atoms with van der Waals surface area (Å²) in [6, 6.07) is 0. The molecule has 14 heavy (non-hydrogen) atoms. The summed E-state index contributed by atoms with van der Waals surface area (Å²) in [6.07, 6.45) is 7.57. The van der Waals surface area contributed by atoms with E-state index in [1.807, 2.05) is 18.6 Å². The van der Waals surface area contributed by atoms with Crippen LogP contribution >= 0.6 is 27.5 Å². The van der Waals surface area contributed by atoms with E-state index in [2.05, 4.69) is 15.9 Å². The first kappa shape index (κ1) is 11.9. The number of hydrogen-bond acceptors (Lipinski definition) is 2. The maximum Gasteiger partial charge on any atom is 0.158 e. The van der Waals surface area contributed by atoms with Crippen LogP contribution in [0.3, 0.4) is 0 Å². The van der Waals surface area contributed by atoms with Gasteiger partial charge in [0.25, 0.3) is 0 Å². The van der Waals surface area contributed by atoms with Gasteiger partial charge in [0.2, 0.25) is 0 Å². The smallest absolute Gasteiger partial charge is 0.158 e. The number of halogens is 2. The predicted molar refractivity (Wildman–Crippen MR) is 61.2 cm³/mol. The van der Waals surface area contributed by atoms with E-state index in [0.717, 1.165) is 24.4 Å². The molecule has 0 aromatic carbocycles. The molecular formula is C10H13BrClO2. The molecular weight excluding hydrogens is 267 g/mol. The van der Waals surface area contributed by atoms with Crippen molar-refractivity contribution >= 4 is 27.5 Å². The van der Waals surface area contributed by atoms with Gasteiger partial charge in [-0.15, -0.1) is 11.6 Å². The van der Waals surface area contributed by atoms with Gasteiger partial charge in [-0.2, -0.15) is 0 Å². The Hall–Kier alpha value is -0.150. The fraction of sp³-hybridized carbons (Fsp3) is 0.500. The summed E-state index contributed by atoms with van der Waals surface area (Å²) in [6.45, 7) is 0. The highest BCUT2D eigenvalue weighted by molar-refractivity contribution is 9.09. The summed E-state index contributed by atoms with van der Waals surface area (Å²) < 4.78 is 10.8. The molecule has 0 spiro atoms. The lowest BCUT2D eigenvalue weighted by atomic mass is 10.1. The lowest BCUT2D eigenvalue weighted by Gasteiger charge is -2.18. The number of ether oxygens (including phenoxy) is 2. The zero-order valence-electron chi connectivity index (χ0n) is 8.00. The molecule has 2 nitrogen and oxygen atoms in total. The second-order valence-corrected chi connectivity index (χ2v) is 4.18. The van der Waals surface area contributed by atoms with Crippen LogP contribution in [0.4, 0.5) is 0 Å². The van der Waals surface area contributed by atoms with Crippen LogP contribution in [0.25, 0.3) is 0 Å². The molecule has 0 N–H and O–H groups in total. The van der Waals surface area contributed by atoms with Crippen molar-refractivity contribution in [2.45, 2.75) is 17.9 Å². The van der Waals surface area contributed by atoms with E-state index in [1.165, 1.54) is 0 Å². The van der Waals surface area contributed by atoms with Crippen molar-refractivity contribution in [2.24, 2.45) is 0 Å². The van der Waals surface area contributed by atoms with Crippen molar-refractivity contribution in [1.82, 2.24) is 0 Å². The minimum atomic E-state index is -0.0529. The molecule has 0 aliphatic heterocycles. The molecule has 0 amide bonds. The highest BCUT2D eigenvalue weighted by Gasteiger charge is 2.14. The first-order chi connectivity index (χ1) is 6.77. The van der Waals surface area contributed by atoms with Crippen LogP contribution in [0.2, 0.25) is 0 Å². The second-order valence-electron chi connectivity index (χ2n) is 2.78. The van der Waals surface area contributed by atoms with E-state index in [1.54, 1.807) is 7.11 Å².